The number of hydrogen-bond acceptors (Lipinski definition) is 5. The summed E-state index contributed by atoms with van der Waals surface area (Å²) in [5.41, 5.74) is 3.22. The molecular weight excluding hydrogens is 262 g/mol. The van der Waals surface area contributed by atoms with E-state index in [0.29, 0.717) is 0 Å². The van der Waals surface area contributed by atoms with Crippen molar-refractivity contribution >= 4 is 23.0 Å². The molecular formula is C16H23N5. The molecule has 1 aromatic heterocycles. The second-order valence-corrected chi connectivity index (χ2v) is 5.19. The van der Waals surface area contributed by atoms with Crippen molar-refractivity contribution in [3.63, 3.8) is 0 Å². The summed E-state index contributed by atoms with van der Waals surface area (Å²) in [7, 11) is 4.06. The minimum absolute atomic E-state index is 0.834. The van der Waals surface area contributed by atoms with Crippen LogP contribution in [0.25, 0.3) is 0 Å². The van der Waals surface area contributed by atoms with Crippen LogP contribution in [0.5, 0.6) is 0 Å². The maximum Gasteiger partial charge on any atom is 0.138 e. The Morgan fingerprint density at radius 3 is 2.33 bits per heavy atom. The lowest BCUT2D eigenvalue weighted by Crippen LogP contribution is -2.08. The van der Waals surface area contributed by atoms with Crippen molar-refractivity contribution in [1.29, 1.82) is 0 Å². The molecule has 112 valence electrons. The van der Waals surface area contributed by atoms with Gasteiger partial charge in [0, 0.05) is 37.6 Å². The van der Waals surface area contributed by atoms with Crippen LogP contribution >= 0.6 is 0 Å². The van der Waals surface area contributed by atoms with E-state index in [1.165, 1.54) is 5.69 Å². The molecule has 0 aliphatic heterocycles. The Hall–Kier alpha value is -2.30. The lowest BCUT2D eigenvalue weighted by molar-refractivity contribution is 0.960. The Balaban J connectivity index is 2.15. The molecule has 0 radical (unpaired) electrons. The van der Waals surface area contributed by atoms with Gasteiger partial charge in [-0.05, 0) is 37.6 Å². The number of hydrogen-bond donors (Lipinski definition) is 2. The maximum absolute atomic E-state index is 4.33. The van der Waals surface area contributed by atoms with Crippen molar-refractivity contribution in [3.05, 3.63) is 36.2 Å². The van der Waals surface area contributed by atoms with Gasteiger partial charge in [-0.15, -0.1) is 0 Å². The first kappa shape index (κ1) is 15.1. The summed E-state index contributed by atoms with van der Waals surface area (Å²) in [5, 5.41) is 6.66. The van der Waals surface area contributed by atoms with Crippen LogP contribution in [-0.2, 0) is 0 Å². The Kier molecular flexibility index (Phi) is 4.98. The van der Waals surface area contributed by atoms with Crippen LogP contribution in [-0.4, -0.2) is 30.6 Å². The molecule has 0 amide bonds. The molecule has 2 rings (SSSR count). The van der Waals surface area contributed by atoms with Crippen LogP contribution < -0.4 is 15.5 Å². The highest BCUT2D eigenvalue weighted by Crippen LogP contribution is 2.23. The van der Waals surface area contributed by atoms with E-state index in [1.807, 2.05) is 21.0 Å². The molecule has 0 saturated carbocycles. The number of nitrogens with zero attached hydrogens (tertiary/aromatic N) is 3. The predicted molar refractivity (Wildman–Crippen MR) is 89.6 cm³/mol. The molecule has 2 N–H and O–H groups in total. The molecule has 0 bridgehead atoms. The second kappa shape index (κ2) is 6.92. The largest absolute Gasteiger partial charge is 0.378 e. The van der Waals surface area contributed by atoms with E-state index in [9.17, 15) is 0 Å². The molecule has 5 heteroatoms. The third-order valence-electron chi connectivity index (χ3n) is 3.27. The summed E-state index contributed by atoms with van der Waals surface area (Å²) in [6.45, 7) is 5.07. The highest BCUT2D eigenvalue weighted by Gasteiger charge is 2.06. The van der Waals surface area contributed by atoms with E-state index in [2.05, 4.69) is 56.7 Å². The van der Waals surface area contributed by atoms with Crippen molar-refractivity contribution in [1.82, 2.24) is 9.97 Å². The molecule has 1 heterocycles. The predicted octanol–water partition coefficient (Wildman–Crippen LogP) is 3.42. The highest BCUT2D eigenvalue weighted by atomic mass is 15.1. The summed E-state index contributed by atoms with van der Waals surface area (Å²) >= 11 is 0. The van der Waals surface area contributed by atoms with E-state index in [-0.39, 0.29) is 0 Å². The van der Waals surface area contributed by atoms with Gasteiger partial charge in [-0.1, -0.05) is 6.92 Å². The zero-order chi connectivity index (χ0) is 15.2. The van der Waals surface area contributed by atoms with Gasteiger partial charge < -0.3 is 15.5 Å². The van der Waals surface area contributed by atoms with Gasteiger partial charge in [0.25, 0.3) is 0 Å². The van der Waals surface area contributed by atoms with Crippen molar-refractivity contribution in [3.8, 4) is 0 Å². The van der Waals surface area contributed by atoms with Crippen molar-refractivity contribution in [2.24, 2.45) is 0 Å². The first-order valence-corrected chi connectivity index (χ1v) is 7.21. The first-order valence-electron chi connectivity index (χ1n) is 7.21. The van der Waals surface area contributed by atoms with Crippen molar-refractivity contribution < 1.29 is 0 Å². The number of rotatable bonds is 6. The molecule has 21 heavy (non-hydrogen) atoms. The molecule has 0 saturated heterocycles. The van der Waals surface area contributed by atoms with Crippen molar-refractivity contribution in [2.45, 2.75) is 20.3 Å². The normalized spacial score (nSPS) is 10.3. The third kappa shape index (κ3) is 3.84. The van der Waals surface area contributed by atoms with E-state index >= 15 is 0 Å². The van der Waals surface area contributed by atoms with Gasteiger partial charge in [0.15, 0.2) is 0 Å². The molecule has 0 aliphatic rings. The molecule has 0 aliphatic carbocycles. The lowest BCUT2D eigenvalue weighted by atomic mass is 10.2. The Morgan fingerprint density at radius 1 is 1.05 bits per heavy atom. The van der Waals surface area contributed by atoms with Crippen LogP contribution in [0.3, 0.4) is 0 Å². The molecule has 0 spiro atoms. The summed E-state index contributed by atoms with van der Waals surface area (Å²) < 4.78 is 0. The smallest absolute Gasteiger partial charge is 0.138 e. The van der Waals surface area contributed by atoms with Crippen LogP contribution in [0.4, 0.5) is 23.0 Å². The zero-order valence-corrected chi connectivity index (χ0v) is 13.1. The van der Waals surface area contributed by atoms with Crippen LogP contribution in [0.15, 0.2) is 30.6 Å². The number of anilines is 4. The summed E-state index contributed by atoms with van der Waals surface area (Å²) in [5.74, 6) is 1.72. The highest BCUT2D eigenvalue weighted by molar-refractivity contribution is 5.65. The summed E-state index contributed by atoms with van der Waals surface area (Å²) in [6.07, 6.45) is 2.65. The van der Waals surface area contributed by atoms with Crippen LogP contribution in [0, 0.1) is 6.92 Å². The van der Waals surface area contributed by atoms with Gasteiger partial charge in [-0.25, -0.2) is 9.97 Å². The van der Waals surface area contributed by atoms with E-state index in [1.54, 1.807) is 6.33 Å². The zero-order valence-electron chi connectivity index (χ0n) is 13.1. The standard InChI is InChI=1S/C16H23N5/c1-5-10-17-15-12(2)16(19-11-18-15)20-13-6-8-14(9-7-13)21(3)4/h6-9,11H,5,10H2,1-4H3,(H2,17,18,19,20). The van der Waals surface area contributed by atoms with E-state index < -0.39 is 0 Å². The maximum atomic E-state index is 4.33. The fraction of sp³-hybridized carbons (Fsp3) is 0.375. The van der Waals surface area contributed by atoms with Gasteiger partial charge in [0.05, 0.1) is 0 Å². The lowest BCUT2D eigenvalue weighted by Gasteiger charge is -2.15. The first-order chi connectivity index (χ1) is 10.1. The Bertz CT molecular complexity index is 578. The fourth-order valence-electron chi connectivity index (χ4n) is 1.98. The van der Waals surface area contributed by atoms with Crippen LogP contribution in [0.1, 0.15) is 18.9 Å². The molecule has 0 unspecified atom stereocenters. The van der Waals surface area contributed by atoms with E-state index in [0.717, 1.165) is 35.9 Å². The molecule has 0 atom stereocenters. The molecule has 5 nitrogen and oxygen atoms in total. The third-order valence-corrected chi connectivity index (χ3v) is 3.27. The topological polar surface area (TPSA) is 53.1 Å². The fourth-order valence-corrected chi connectivity index (χ4v) is 1.98. The van der Waals surface area contributed by atoms with Gasteiger partial charge in [0.1, 0.15) is 18.0 Å². The number of nitrogens with one attached hydrogen (secondary N) is 2. The van der Waals surface area contributed by atoms with E-state index in [4.69, 9.17) is 0 Å². The number of benzene rings is 1. The SMILES string of the molecule is CCCNc1ncnc(Nc2ccc(N(C)C)cc2)c1C. The van der Waals surface area contributed by atoms with Crippen molar-refractivity contribution in [2.75, 3.05) is 36.2 Å². The average molecular weight is 285 g/mol. The minimum atomic E-state index is 0.834. The van der Waals surface area contributed by atoms with Gasteiger partial charge in [-0.3, -0.25) is 0 Å². The quantitative estimate of drug-likeness (QED) is 0.851. The summed E-state index contributed by atoms with van der Waals surface area (Å²) in [6, 6.07) is 8.26. The molecule has 2 aromatic rings. The van der Waals surface area contributed by atoms with Gasteiger partial charge in [0.2, 0.25) is 0 Å². The summed E-state index contributed by atoms with van der Waals surface area (Å²) in [4.78, 5) is 10.7. The van der Waals surface area contributed by atoms with Crippen LogP contribution in [0.2, 0.25) is 0 Å². The Morgan fingerprint density at radius 2 is 1.71 bits per heavy atom. The number of aromatic nitrogens is 2. The minimum Gasteiger partial charge on any atom is -0.378 e. The Labute approximate surface area is 126 Å². The van der Waals surface area contributed by atoms with Gasteiger partial charge in [-0.2, -0.15) is 0 Å². The molecule has 1 aromatic carbocycles. The molecule has 0 fully saturated rings. The average Bonchev–Trinajstić information content (AvgIpc) is 2.49. The van der Waals surface area contributed by atoms with Gasteiger partial charge >= 0.3 is 0 Å². The monoisotopic (exact) mass is 285 g/mol. The second-order valence-electron chi connectivity index (χ2n) is 5.19.